The molecule has 0 amide bonds. The zero-order valence-corrected chi connectivity index (χ0v) is 15.8. The molecule has 9 atom stereocenters. The van der Waals surface area contributed by atoms with Crippen LogP contribution in [0, 0.1) is 17.3 Å². The zero-order valence-electron chi connectivity index (χ0n) is 15.8. The van der Waals surface area contributed by atoms with Crippen LogP contribution < -0.4 is 0 Å². The molecule has 0 aromatic heterocycles. The second-order valence-electron chi connectivity index (χ2n) is 9.85. The monoisotopic (exact) mass is 378 g/mol. The van der Waals surface area contributed by atoms with E-state index in [0.29, 0.717) is 19.3 Å². The Bertz CT molecular complexity index is 806. The largest absolute Gasteiger partial charge is 0.458 e. The Balaban J connectivity index is 1.51. The first-order valence-electron chi connectivity index (χ1n) is 9.99. The van der Waals surface area contributed by atoms with Crippen molar-refractivity contribution in [1.82, 2.24) is 0 Å². The number of epoxide rings is 2. The Kier molecular flexibility index (Phi) is 2.78. The molecule has 6 rings (SSSR count). The molecular weight excluding hydrogens is 352 g/mol. The van der Waals surface area contributed by atoms with Crippen LogP contribution in [-0.2, 0) is 19.0 Å². The number of aliphatic hydroxyl groups excluding tert-OH is 2. The number of fused-ring (bicyclic) bond motifs is 4. The second kappa shape index (κ2) is 4.44. The molecule has 27 heavy (non-hydrogen) atoms. The van der Waals surface area contributed by atoms with E-state index in [0.717, 1.165) is 11.1 Å². The highest BCUT2D eigenvalue weighted by Crippen LogP contribution is 2.77. The van der Waals surface area contributed by atoms with Gasteiger partial charge in [-0.05, 0) is 36.7 Å². The van der Waals surface area contributed by atoms with Gasteiger partial charge in [0.25, 0.3) is 0 Å². The van der Waals surface area contributed by atoms with Crippen molar-refractivity contribution in [3.63, 3.8) is 0 Å². The van der Waals surface area contributed by atoms with Crippen molar-refractivity contribution in [1.29, 1.82) is 0 Å². The molecule has 3 heterocycles. The number of hydrogen-bond donors (Lipinski definition) is 3. The van der Waals surface area contributed by atoms with Crippen molar-refractivity contribution in [3.8, 4) is 0 Å². The number of esters is 1. The van der Waals surface area contributed by atoms with Gasteiger partial charge in [0.2, 0.25) is 0 Å². The molecule has 9 unspecified atom stereocenters. The number of carbonyl (C=O) groups excluding carboxylic acids is 1. The van der Waals surface area contributed by atoms with Crippen LogP contribution in [0.1, 0.15) is 40.0 Å². The summed E-state index contributed by atoms with van der Waals surface area (Å²) in [4.78, 5) is 12.0. The third kappa shape index (κ3) is 1.44. The van der Waals surface area contributed by atoms with E-state index in [1.165, 1.54) is 0 Å². The molecule has 1 spiro atoms. The van der Waals surface area contributed by atoms with Crippen molar-refractivity contribution in [3.05, 3.63) is 11.1 Å². The van der Waals surface area contributed by atoms with Crippen LogP contribution in [0.25, 0.3) is 0 Å². The summed E-state index contributed by atoms with van der Waals surface area (Å²) in [6.45, 7) is 6.13. The molecule has 3 aliphatic heterocycles. The van der Waals surface area contributed by atoms with E-state index in [1.807, 2.05) is 20.8 Å². The van der Waals surface area contributed by atoms with Crippen LogP contribution in [-0.4, -0.2) is 69.1 Å². The van der Waals surface area contributed by atoms with Crippen molar-refractivity contribution >= 4 is 5.97 Å². The molecule has 3 aliphatic carbocycles. The van der Waals surface area contributed by atoms with Gasteiger partial charge in [0, 0.05) is 11.0 Å². The number of ether oxygens (including phenoxy) is 3. The molecule has 0 aromatic carbocycles. The first-order chi connectivity index (χ1) is 12.7. The standard InChI is InChI=1S/C20H26O7/c1-8(2)18-13(21)14(22)20(24)17(3)5-4-9-10(7-25-15(9)23)11(17)6-12-19(20,26-12)16(18)27-18/h8,11-14,16,21-22,24H,4-7H2,1-3H3. The lowest BCUT2D eigenvalue weighted by atomic mass is 9.44. The molecule has 2 saturated heterocycles. The van der Waals surface area contributed by atoms with Gasteiger partial charge < -0.3 is 29.5 Å². The van der Waals surface area contributed by atoms with Gasteiger partial charge in [-0.25, -0.2) is 4.79 Å². The maximum atomic E-state index is 12.1. The highest BCUT2D eigenvalue weighted by atomic mass is 16.7. The lowest BCUT2D eigenvalue weighted by Gasteiger charge is -2.61. The minimum Gasteiger partial charge on any atom is -0.458 e. The van der Waals surface area contributed by atoms with Crippen LogP contribution in [0.3, 0.4) is 0 Å². The number of cyclic esters (lactones) is 1. The van der Waals surface area contributed by atoms with Crippen molar-refractivity contribution in [2.45, 2.75) is 81.3 Å². The van der Waals surface area contributed by atoms with Gasteiger partial charge in [-0.3, -0.25) is 0 Å². The molecule has 3 N–H and O–H groups in total. The fourth-order valence-electron chi connectivity index (χ4n) is 7.32. The highest BCUT2D eigenvalue weighted by molar-refractivity contribution is 5.92. The SMILES string of the molecule is CC(C)C12OC1C13OC1CC1C4=C(CCC1(C)C3(O)C(O)C2O)C(=O)OC4. The van der Waals surface area contributed by atoms with Crippen LogP contribution >= 0.6 is 0 Å². The number of hydrogen-bond acceptors (Lipinski definition) is 7. The summed E-state index contributed by atoms with van der Waals surface area (Å²) < 4.78 is 17.5. The Morgan fingerprint density at radius 3 is 2.63 bits per heavy atom. The minimum absolute atomic E-state index is 0.0111. The maximum Gasteiger partial charge on any atom is 0.334 e. The van der Waals surface area contributed by atoms with E-state index < -0.39 is 40.5 Å². The van der Waals surface area contributed by atoms with Gasteiger partial charge in [-0.15, -0.1) is 0 Å². The third-order valence-electron chi connectivity index (χ3n) is 8.91. The first-order valence-corrected chi connectivity index (χ1v) is 9.99. The molecule has 6 aliphatic rings. The average Bonchev–Trinajstić information content (AvgIpc) is 3.50. The Labute approximate surface area is 157 Å². The van der Waals surface area contributed by atoms with Crippen molar-refractivity contribution < 1.29 is 34.3 Å². The van der Waals surface area contributed by atoms with E-state index in [2.05, 4.69) is 0 Å². The third-order valence-corrected chi connectivity index (χ3v) is 8.91. The Hall–Kier alpha value is -0.990. The number of rotatable bonds is 1. The molecule has 0 radical (unpaired) electrons. The second-order valence-corrected chi connectivity index (χ2v) is 9.85. The normalized spacial score (nSPS) is 60.1. The van der Waals surface area contributed by atoms with Crippen molar-refractivity contribution in [2.24, 2.45) is 17.3 Å². The molecule has 2 saturated carbocycles. The summed E-state index contributed by atoms with van der Waals surface area (Å²) in [5.74, 6) is -0.394. The average molecular weight is 378 g/mol. The lowest BCUT2D eigenvalue weighted by Crippen LogP contribution is -2.78. The fraction of sp³-hybridized carbons (Fsp3) is 0.850. The van der Waals surface area contributed by atoms with Gasteiger partial charge in [0.05, 0.1) is 6.10 Å². The quantitative estimate of drug-likeness (QED) is 0.437. The maximum absolute atomic E-state index is 12.1. The van der Waals surface area contributed by atoms with Crippen LogP contribution in [0.5, 0.6) is 0 Å². The summed E-state index contributed by atoms with van der Waals surface area (Å²) in [7, 11) is 0. The van der Waals surface area contributed by atoms with Gasteiger partial charge >= 0.3 is 5.97 Å². The minimum atomic E-state index is -1.64. The van der Waals surface area contributed by atoms with Gasteiger partial charge in [-0.2, -0.15) is 0 Å². The first kappa shape index (κ1) is 16.9. The van der Waals surface area contributed by atoms with E-state index in [4.69, 9.17) is 14.2 Å². The molecule has 7 nitrogen and oxygen atoms in total. The van der Waals surface area contributed by atoms with E-state index >= 15 is 0 Å². The van der Waals surface area contributed by atoms with Gasteiger partial charge in [-0.1, -0.05) is 20.8 Å². The topological polar surface area (TPSA) is 112 Å². The summed E-state index contributed by atoms with van der Waals surface area (Å²) in [6, 6.07) is 0. The summed E-state index contributed by atoms with van der Waals surface area (Å²) >= 11 is 0. The molecular formula is C20H26O7. The Morgan fingerprint density at radius 1 is 1.19 bits per heavy atom. The number of carbonyl (C=O) groups is 1. The molecule has 0 aromatic rings. The smallest absolute Gasteiger partial charge is 0.334 e. The molecule has 148 valence electrons. The Morgan fingerprint density at radius 2 is 1.93 bits per heavy atom. The van der Waals surface area contributed by atoms with E-state index in [1.54, 1.807) is 0 Å². The molecule has 7 heteroatoms. The predicted molar refractivity (Wildman–Crippen MR) is 90.4 cm³/mol. The van der Waals surface area contributed by atoms with E-state index in [9.17, 15) is 20.1 Å². The molecule has 4 fully saturated rings. The van der Waals surface area contributed by atoms with Crippen LogP contribution in [0.4, 0.5) is 0 Å². The summed E-state index contributed by atoms with van der Waals surface area (Å²) in [5, 5.41) is 34.4. The van der Waals surface area contributed by atoms with Gasteiger partial charge in [0.15, 0.2) is 5.60 Å². The summed E-state index contributed by atoms with van der Waals surface area (Å²) in [5.41, 5.74) is -2.57. The van der Waals surface area contributed by atoms with Crippen LogP contribution in [0.2, 0.25) is 0 Å². The predicted octanol–water partition coefficient (Wildman–Crippen LogP) is 0.0575. The van der Waals surface area contributed by atoms with Crippen molar-refractivity contribution in [2.75, 3.05) is 6.61 Å². The highest BCUT2D eigenvalue weighted by Gasteiger charge is 2.94. The van der Waals surface area contributed by atoms with Gasteiger partial charge in [0.1, 0.15) is 36.1 Å². The van der Waals surface area contributed by atoms with E-state index in [-0.39, 0.29) is 30.5 Å². The lowest BCUT2D eigenvalue weighted by molar-refractivity contribution is -0.259. The van der Waals surface area contributed by atoms with Crippen LogP contribution in [0.15, 0.2) is 11.1 Å². The summed E-state index contributed by atoms with van der Waals surface area (Å²) in [6.07, 6.45) is -1.53. The molecule has 0 bridgehead atoms. The number of aliphatic hydroxyl groups is 3. The fourth-order valence-corrected chi connectivity index (χ4v) is 7.32. The zero-order chi connectivity index (χ0) is 19.1.